The minimum absolute atomic E-state index is 0.0605. The Bertz CT molecular complexity index is 686. The van der Waals surface area contributed by atoms with Crippen LogP contribution >= 0.6 is 0 Å². The molecular formula is C14H16N4O. The Morgan fingerprint density at radius 2 is 1.95 bits per heavy atom. The Balaban J connectivity index is 2.20. The van der Waals surface area contributed by atoms with Gasteiger partial charge in [-0.05, 0) is 38.1 Å². The third kappa shape index (κ3) is 1.94. The van der Waals surface area contributed by atoms with Gasteiger partial charge in [-0.15, -0.1) is 0 Å². The van der Waals surface area contributed by atoms with Crippen LogP contribution in [0, 0.1) is 11.3 Å². The molecule has 1 fully saturated rings. The first-order valence-electron chi connectivity index (χ1n) is 6.60. The van der Waals surface area contributed by atoms with Crippen molar-refractivity contribution in [1.29, 1.82) is 5.26 Å². The van der Waals surface area contributed by atoms with Crippen molar-refractivity contribution < 1.29 is 0 Å². The lowest BCUT2D eigenvalue weighted by atomic mass is 10.1. The van der Waals surface area contributed by atoms with Gasteiger partial charge in [0.2, 0.25) is 0 Å². The first-order valence-corrected chi connectivity index (χ1v) is 6.60. The van der Waals surface area contributed by atoms with E-state index in [1.807, 2.05) is 28.8 Å². The maximum atomic E-state index is 12.5. The van der Waals surface area contributed by atoms with Crippen LogP contribution in [-0.2, 0) is 6.54 Å². The summed E-state index contributed by atoms with van der Waals surface area (Å²) in [5.74, 6) is 0. The highest BCUT2D eigenvalue weighted by molar-refractivity contribution is 5.76. The molecule has 0 aliphatic carbocycles. The van der Waals surface area contributed by atoms with Gasteiger partial charge in [-0.2, -0.15) is 5.26 Å². The van der Waals surface area contributed by atoms with Crippen molar-refractivity contribution in [3.05, 3.63) is 34.7 Å². The van der Waals surface area contributed by atoms with E-state index in [0.29, 0.717) is 0 Å². The zero-order chi connectivity index (χ0) is 13.2. The Labute approximate surface area is 111 Å². The molecule has 5 heteroatoms. The Hall–Kier alpha value is -2.06. The Kier molecular flexibility index (Phi) is 3.10. The fraction of sp³-hybridized carbons (Fsp3) is 0.429. The summed E-state index contributed by atoms with van der Waals surface area (Å²) in [6, 6.07) is 10.0. The quantitative estimate of drug-likeness (QED) is 0.879. The number of nitrogens with one attached hydrogen (secondary N) is 1. The van der Waals surface area contributed by atoms with Crippen molar-refractivity contribution in [2.45, 2.75) is 25.4 Å². The second-order valence-corrected chi connectivity index (χ2v) is 4.87. The molecule has 0 radical (unpaired) electrons. The molecule has 0 atom stereocenters. The van der Waals surface area contributed by atoms with E-state index < -0.39 is 0 Å². The number of fused-ring (bicyclic) bond motifs is 1. The third-order valence-corrected chi connectivity index (χ3v) is 3.77. The van der Waals surface area contributed by atoms with E-state index >= 15 is 0 Å². The third-order valence-electron chi connectivity index (χ3n) is 3.77. The van der Waals surface area contributed by atoms with Gasteiger partial charge in [0, 0.05) is 6.04 Å². The van der Waals surface area contributed by atoms with Gasteiger partial charge >= 0.3 is 5.69 Å². The molecule has 0 spiro atoms. The molecule has 0 bridgehead atoms. The molecule has 5 nitrogen and oxygen atoms in total. The summed E-state index contributed by atoms with van der Waals surface area (Å²) in [7, 11) is 0. The smallest absolute Gasteiger partial charge is 0.317 e. The average Bonchev–Trinajstić information content (AvgIpc) is 2.73. The number of para-hydroxylation sites is 2. The van der Waals surface area contributed by atoms with Crippen molar-refractivity contribution in [3.8, 4) is 6.07 Å². The van der Waals surface area contributed by atoms with Gasteiger partial charge < -0.3 is 5.32 Å². The summed E-state index contributed by atoms with van der Waals surface area (Å²) in [5, 5.41) is 12.2. The van der Waals surface area contributed by atoms with Gasteiger partial charge in [-0.25, -0.2) is 4.79 Å². The van der Waals surface area contributed by atoms with Crippen LogP contribution in [-0.4, -0.2) is 22.2 Å². The fourth-order valence-corrected chi connectivity index (χ4v) is 2.87. The number of hydrogen-bond donors (Lipinski definition) is 1. The van der Waals surface area contributed by atoms with Gasteiger partial charge in [0.1, 0.15) is 6.54 Å². The summed E-state index contributed by atoms with van der Waals surface area (Å²) >= 11 is 0. The summed E-state index contributed by atoms with van der Waals surface area (Å²) < 4.78 is 3.44. The highest BCUT2D eigenvalue weighted by atomic mass is 16.1. The molecule has 1 N–H and O–H groups in total. The van der Waals surface area contributed by atoms with E-state index in [9.17, 15) is 4.79 Å². The second-order valence-electron chi connectivity index (χ2n) is 4.87. The molecule has 1 aliphatic heterocycles. The van der Waals surface area contributed by atoms with Gasteiger partial charge in [0.05, 0.1) is 17.1 Å². The van der Waals surface area contributed by atoms with Crippen molar-refractivity contribution >= 4 is 11.0 Å². The van der Waals surface area contributed by atoms with Crippen molar-refractivity contribution in [3.63, 3.8) is 0 Å². The van der Waals surface area contributed by atoms with Crippen molar-refractivity contribution in [2.75, 3.05) is 13.1 Å². The zero-order valence-corrected chi connectivity index (χ0v) is 10.7. The lowest BCUT2D eigenvalue weighted by molar-refractivity contribution is 0.365. The number of piperidine rings is 1. The van der Waals surface area contributed by atoms with Crippen LogP contribution in [0.5, 0.6) is 0 Å². The molecular weight excluding hydrogens is 240 g/mol. The molecule has 0 unspecified atom stereocenters. The normalized spacial score (nSPS) is 16.6. The van der Waals surface area contributed by atoms with Gasteiger partial charge in [0.15, 0.2) is 0 Å². The van der Waals surface area contributed by atoms with Gasteiger partial charge in [0.25, 0.3) is 0 Å². The van der Waals surface area contributed by atoms with E-state index in [0.717, 1.165) is 37.0 Å². The largest absolute Gasteiger partial charge is 0.330 e. The van der Waals surface area contributed by atoms with E-state index in [4.69, 9.17) is 5.26 Å². The molecule has 2 aromatic rings. The highest BCUT2D eigenvalue weighted by Crippen LogP contribution is 2.22. The van der Waals surface area contributed by atoms with Crippen LogP contribution in [0.2, 0.25) is 0 Å². The maximum absolute atomic E-state index is 12.5. The Morgan fingerprint density at radius 3 is 2.63 bits per heavy atom. The topological polar surface area (TPSA) is 62.8 Å². The zero-order valence-electron chi connectivity index (χ0n) is 10.7. The predicted molar refractivity (Wildman–Crippen MR) is 73.0 cm³/mol. The monoisotopic (exact) mass is 256 g/mol. The molecule has 0 saturated carbocycles. The van der Waals surface area contributed by atoms with Gasteiger partial charge in [-0.1, -0.05) is 12.1 Å². The Morgan fingerprint density at radius 1 is 1.26 bits per heavy atom. The standard InChI is InChI=1S/C14H16N4O/c15-7-10-17-12-3-1-2-4-13(12)18(14(17)19)11-5-8-16-9-6-11/h1-4,11,16H,5-6,8-10H2. The number of nitrogens with zero attached hydrogens (tertiary/aromatic N) is 3. The van der Waals surface area contributed by atoms with E-state index in [1.54, 1.807) is 4.57 Å². The number of benzene rings is 1. The average molecular weight is 256 g/mol. The minimum Gasteiger partial charge on any atom is -0.317 e. The van der Waals surface area contributed by atoms with Crippen LogP contribution in [0.4, 0.5) is 0 Å². The molecule has 1 aromatic heterocycles. The SMILES string of the molecule is N#CCn1c(=O)n(C2CCNCC2)c2ccccc21. The van der Waals surface area contributed by atoms with Crippen LogP contribution in [0.3, 0.4) is 0 Å². The van der Waals surface area contributed by atoms with Crippen LogP contribution in [0.15, 0.2) is 29.1 Å². The molecule has 1 saturated heterocycles. The number of nitriles is 1. The summed E-state index contributed by atoms with van der Waals surface area (Å²) in [5.41, 5.74) is 1.73. The fourth-order valence-electron chi connectivity index (χ4n) is 2.87. The number of hydrogen-bond acceptors (Lipinski definition) is 3. The first-order chi connectivity index (χ1) is 9.33. The molecule has 1 aromatic carbocycles. The second kappa shape index (κ2) is 4.90. The summed E-state index contributed by atoms with van der Waals surface area (Å²) in [6.45, 7) is 1.99. The van der Waals surface area contributed by atoms with E-state index in [-0.39, 0.29) is 18.3 Å². The number of rotatable bonds is 2. The molecule has 19 heavy (non-hydrogen) atoms. The molecule has 0 amide bonds. The highest BCUT2D eigenvalue weighted by Gasteiger charge is 2.21. The predicted octanol–water partition coefficient (Wildman–Crippen LogP) is 1.25. The summed E-state index contributed by atoms with van der Waals surface area (Å²) in [6.07, 6.45) is 1.92. The van der Waals surface area contributed by atoms with Crippen LogP contribution in [0.1, 0.15) is 18.9 Å². The maximum Gasteiger partial charge on any atom is 0.330 e. The minimum atomic E-state index is -0.0605. The molecule has 2 heterocycles. The first kappa shape index (κ1) is 12.0. The molecule has 1 aliphatic rings. The number of imidazole rings is 1. The van der Waals surface area contributed by atoms with Crippen molar-refractivity contribution in [1.82, 2.24) is 14.5 Å². The summed E-state index contributed by atoms with van der Waals surface area (Å²) in [4.78, 5) is 12.5. The number of aromatic nitrogens is 2. The lowest BCUT2D eigenvalue weighted by Gasteiger charge is -2.23. The van der Waals surface area contributed by atoms with E-state index in [1.165, 1.54) is 0 Å². The molecule has 3 rings (SSSR count). The lowest BCUT2D eigenvalue weighted by Crippen LogP contribution is -2.34. The van der Waals surface area contributed by atoms with E-state index in [2.05, 4.69) is 11.4 Å². The van der Waals surface area contributed by atoms with Crippen LogP contribution < -0.4 is 11.0 Å². The van der Waals surface area contributed by atoms with Gasteiger partial charge in [-0.3, -0.25) is 9.13 Å². The molecule has 98 valence electrons. The van der Waals surface area contributed by atoms with Crippen molar-refractivity contribution in [2.24, 2.45) is 0 Å². The van der Waals surface area contributed by atoms with Crippen LogP contribution in [0.25, 0.3) is 11.0 Å².